The Labute approximate surface area is 145 Å². The van der Waals surface area contributed by atoms with Gasteiger partial charge in [0.25, 0.3) is 0 Å². The largest absolute Gasteiger partial charge is 0.366 e. The van der Waals surface area contributed by atoms with E-state index in [1.807, 2.05) is 17.5 Å². The van der Waals surface area contributed by atoms with Crippen LogP contribution in [0.5, 0.6) is 0 Å². The summed E-state index contributed by atoms with van der Waals surface area (Å²) in [7, 11) is 0. The molecule has 0 aliphatic carbocycles. The molecule has 0 aromatic carbocycles. The first-order valence-corrected chi connectivity index (χ1v) is 8.16. The zero-order chi connectivity index (χ0) is 15.2. The van der Waals surface area contributed by atoms with Crippen LogP contribution >= 0.6 is 23.7 Å². The van der Waals surface area contributed by atoms with Gasteiger partial charge >= 0.3 is 0 Å². The Balaban J connectivity index is 0.00000192. The van der Waals surface area contributed by atoms with E-state index in [-0.39, 0.29) is 24.4 Å². The van der Waals surface area contributed by atoms with E-state index >= 15 is 0 Å². The van der Waals surface area contributed by atoms with Gasteiger partial charge in [-0.2, -0.15) is 0 Å². The molecule has 6 nitrogen and oxygen atoms in total. The van der Waals surface area contributed by atoms with E-state index in [1.54, 1.807) is 23.7 Å². The number of carbonyl (C=O) groups is 1. The topological polar surface area (TPSA) is 76.1 Å². The second-order valence-corrected chi connectivity index (χ2v) is 5.84. The quantitative estimate of drug-likeness (QED) is 0.845. The minimum atomic E-state index is -0.378. The summed E-state index contributed by atoms with van der Waals surface area (Å²) in [5, 5.41) is 9.05. The fraction of sp³-hybridized carbons (Fsp3) is 0.400. The van der Waals surface area contributed by atoms with Crippen molar-refractivity contribution in [2.24, 2.45) is 0 Å². The molecule has 3 heterocycles. The van der Waals surface area contributed by atoms with Crippen LogP contribution in [0.2, 0.25) is 0 Å². The summed E-state index contributed by atoms with van der Waals surface area (Å²) in [6.45, 7) is 2.53. The lowest BCUT2D eigenvalue weighted by atomic mass is 10.2. The smallest absolute Gasteiger partial charge is 0.250 e. The van der Waals surface area contributed by atoms with Crippen molar-refractivity contribution in [3.8, 4) is 10.6 Å². The monoisotopic (exact) mass is 354 g/mol. The predicted octanol–water partition coefficient (Wildman–Crippen LogP) is 1.27. The minimum Gasteiger partial charge on any atom is -0.366 e. The number of carbonyl (C=O) groups excluding carboxylic acids is 1. The van der Waals surface area contributed by atoms with E-state index in [4.69, 9.17) is 4.74 Å². The Hall–Kier alpha value is -1.54. The Morgan fingerprint density at radius 3 is 3.00 bits per heavy atom. The normalized spacial score (nSPS) is 17.3. The van der Waals surface area contributed by atoms with Gasteiger partial charge in [-0.25, -0.2) is 4.98 Å². The van der Waals surface area contributed by atoms with E-state index < -0.39 is 0 Å². The number of nitrogens with zero attached hydrogens (tertiary/aromatic N) is 2. The highest BCUT2D eigenvalue weighted by Gasteiger charge is 2.21. The summed E-state index contributed by atoms with van der Waals surface area (Å²) < 4.78 is 5.41. The molecule has 1 saturated heterocycles. The van der Waals surface area contributed by atoms with Crippen LogP contribution in [0.4, 0.5) is 0 Å². The van der Waals surface area contributed by atoms with Crippen LogP contribution < -0.4 is 10.6 Å². The number of amides is 1. The van der Waals surface area contributed by atoms with Gasteiger partial charge in [0.1, 0.15) is 11.1 Å². The van der Waals surface area contributed by atoms with Crippen LogP contribution in [-0.2, 0) is 16.0 Å². The summed E-state index contributed by atoms with van der Waals surface area (Å²) in [5.74, 6) is -0.0585. The van der Waals surface area contributed by atoms with E-state index in [0.717, 1.165) is 22.8 Å². The fourth-order valence-corrected chi connectivity index (χ4v) is 3.07. The summed E-state index contributed by atoms with van der Waals surface area (Å²) >= 11 is 1.60. The van der Waals surface area contributed by atoms with Gasteiger partial charge in [-0.1, -0.05) is 0 Å². The highest BCUT2D eigenvalue weighted by Crippen LogP contribution is 2.22. The number of nitrogens with one attached hydrogen (secondary N) is 2. The summed E-state index contributed by atoms with van der Waals surface area (Å²) in [6, 6.07) is 3.88. The molecule has 1 aliphatic rings. The number of rotatable bonds is 5. The molecular weight excluding hydrogens is 336 g/mol. The second-order valence-electron chi connectivity index (χ2n) is 4.98. The number of aromatic nitrogens is 2. The lowest BCUT2D eigenvalue weighted by Crippen LogP contribution is -2.48. The molecule has 0 spiro atoms. The molecule has 2 aromatic rings. The number of hydrogen-bond acceptors (Lipinski definition) is 6. The Morgan fingerprint density at radius 2 is 2.26 bits per heavy atom. The molecule has 1 aliphatic heterocycles. The van der Waals surface area contributed by atoms with Crippen molar-refractivity contribution < 1.29 is 9.53 Å². The van der Waals surface area contributed by atoms with Crippen LogP contribution in [0.1, 0.15) is 5.69 Å². The molecule has 1 atom stereocenters. The fourth-order valence-electron chi connectivity index (χ4n) is 2.21. The molecule has 2 N–H and O–H groups in total. The molecule has 2 aromatic heterocycles. The molecule has 1 amide bonds. The summed E-state index contributed by atoms with van der Waals surface area (Å²) in [4.78, 5) is 20.5. The van der Waals surface area contributed by atoms with Crippen LogP contribution in [0, 0.1) is 0 Å². The number of hydrogen-bond donors (Lipinski definition) is 2. The predicted molar refractivity (Wildman–Crippen MR) is 91.9 cm³/mol. The first-order chi connectivity index (χ1) is 10.8. The highest BCUT2D eigenvalue weighted by molar-refractivity contribution is 7.13. The van der Waals surface area contributed by atoms with Gasteiger partial charge in [0.05, 0.1) is 12.3 Å². The highest BCUT2D eigenvalue weighted by atomic mass is 35.5. The third-order valence-corrected chi connectivity index (χ3v) is 4.32. The SMILES string of the molecule is Cl.O=C(NCCc1csc(-c2ccncc2)n1)C1CNCCO1. The van der Waals surface area contributed by atoms with Crippen LogP contribution in [-0.4, -0.2) is 48.2 Å². The number of pyridine rings is 1. The lowest BCUT2D eigenvalue weighted by Gasteiger charge is -2.22. The molecule has 0 bridgehead atoms. The Kier molecular flexibility index (Phi) is 6.91. The molecule has 0 radical (unpaired) electrons. The van der Waals surface area contributed by atoms with Gasteiger partial charge in [-0.15, -0.1) is 23.7 Å². The molecular formula is C15H19ClN4O2S. The van der Waals surface area contributed by atoms with Gasteiger partial charge in [-0.05, 0) is 12.1 Å². The van der Waals surface area contributed by atoms with Gasteiger partial charge < -0.3 is 15.4 Å². The molecule has 3 rings (SSSR count). The van der Waals surface area contributed by atoms with Crippen molar-refractivity contribution >= 4 is 29.7 Å². The molecule has 1 unspecified atom stereocenters. The first kappa shape index (κ1) is 17.8. The van der Waals surface area contributed by atoms with Gasteiger partial charge in [0.15, 0.2) is 0 Å². The number of morpholine rings is 1. The zero-order valence-electron chi connectivity index (χ0n) is 12.5. The maximum Gasteiger partial charge on any atom is 0.250 e. The first-order valence-electron chi connectivity index (χ1n) is 7.28. The van der Waals surface area contributed by atoms with Crippen LogP contribution in [0.3, 0.4) is 0 Å². The van der Waals surface area contributed by atoms with Gasteiger partial charge in [-0.3, -0.25) is 9.78 Å². The number of halogens is 1. The molecule has 124 valence electrons. The van der Waals surface area contributed by atoms with Gasteiger partial charge in [0, 0.05) is 49.4 Å². The third kappa shape index (κ3) is 4.97. The Morgan fingerprint density at radius 1 is 1.43 bits per heavy atom. The maximum absolute atomic E-state index is 11.9. The van der Waals surface area contributed by atoms with Gasteiger partial charge in [0.2, 0.25) is 5.91 Å². The maximum atomic E-state index is 11.9. The summed E-state index contributed by atoms with van der Waals surface area (Å²) in [5.41, 5.74) is 2.05. The van der Waals surface area contributed by atoms with E-state index in [2.05, 4.69) is 20.6 Å². The van der Waals surface area contributed by atoms with E-state index in [1.165, 1.54) is 0 Å². The van der Waals surface area contributed by atoms with Crippen molar-refractivity contribution in [2.75, 3.05) is 26.2 Å². The zero-order valence-corrected chi connectivity index (χ0v) is 14.2. The van der Waals surface area contributed by atoms with Crippen molar-refractivity contribution in [3.05, 3.63) is 35.6 Å². The molecule has 0 saturated carbocycles. The number of ether oxygens (including phenoxy) is 1. The Bertz CT molecular complexity index is 617. The minimum absolute atomic E-state index is 0. The van der Waals surface area contributed by atoms with Crippen molar-refractivity contribution in [2.45, 2.75) is 12.5 Å². The average molecular weight is 355 g/mol. The molecule has 1 fully saturated rings. The average Bonchev–Trinajstić information content (AvgIpc) is 3.05. The number of thiazole rings is 1. The van der Waals surface area contributed by atoms with Crippen molar-refractivity contribution in [1.82, 2.24) is 20.6 Å². The van der Waals surface area contributed by atoms with E-state index in [9.17, 15) is 4.79 Å². The molecule has 8 heteroatoms. The standard InChI is InChI=1S/C15H18N4O2S.ClH/c20-14(13-9-17-7-8-21-13)18-6-3-12-10-22-15(19-12)11-1-4-16-5-2-11;/h1-2,4-5,10,13,17H,3,6-9H2,(H,18,20);1H. The van der Waals surface area contributed by atoms with Crippen molar-refractivity contribution in [3.63, 3.8) is 0 Å². The summed E-state index contributed by atoms with van der Waals surface area (Å²) in [6.07, 6.45) is 3.86. The van der Waals surface area contributed by atoms with Crippen LogP contribution in [0.15, 0.2) is 29.9 Å². The van der Waals surface area contributed by atoms with E-state index in [0.29, 0.717) is 26.1 Å². The molecule has 23 heavy (non-hydrogen) atoms. The second kappa shape index (κ2) is 8.93. The lowest BCUT2D eigenvalue weighted by molar-refractivity contribution is -0.134. The van der Waals surface area contributed by atoms with Crippen LogP contribution in [0.25, 0.3) is 10.6 Å². The van der Waals surface area contributed by atoms with Crippen molar-refractivity contribution in [1.29, 1.82) is 0 Å². The third-order valence-electron chi connectivity index (χ3n) is 3.38.